The molecule has 1 aromatic heterocycles. The summed E-state index contributed by atoms with van der Waals surface area (Å²) in [6.07, 6.45) is 1.26. The molecule has 0 bridgehead atoms. The lowest BCUT2D eigenvalue weighted by molar-refractivity contribution is 0.185. The summed E-state index contributed by atoms with van der Waals surface area (Å²) in [5.41, 5.74) is 1.10. The molecule has 4 heteroatoms. The molecule has 0 saturated carbocycles. The van der Waals surface area contributed by atoms with Crippen molar-refractivity contribution in [1.29, 1.82) is 0 Å². The van der Waals surface area contributed by atoms with E-state index in [1.807, 2.05) is 0 Å². The van der Waals surface area contributed by atoms with Gasteiger partial charge in [-0.15, -0.1) is 0 Å². The Morgan fingerprint density at radius 3 is 2.76 bits per heavy atom. The number of hydrogen-bond donors (Lipinski definition) is 1. The van der Waals surface area contributed by atoms with E-state index in [1.165, 1.54) is 24.9 Å². The van der Waals surface area contributed by atoms with Gasteiger partial charge >= 0.3 is 0 Å². The lowest BCUT2D eigenvalue weighted by Gasteiger charge is -2.32. The van der Waals surface area contributed by atoms with E-state index in [-0.39, 0.29) is 0 Å². The zero-order chi connectivity index (χ0) is 14.1. The van der Waals surface area contributed by atoms with E-state index in [0.717, 1.165) is 37.5 Å². The molecule has 2 aliphatic rings. The van der Waals surface area contributed by atoms with Crippen LogP contribution >= 0.6 is 0 Å². The number of pyridine rings is 1. The second kappa shape index (κ2) is 5.62. The molecule has 110 valence electrons. The van der Waals surface area contributed by atoms with Crippen molar-refractivity contribution in [2.24, 2.45) is 0 Å². The summed E-state index contributed by atoms with van der Waals surface area (Å²) >= 11 is 0. The highest BCUT2D eigenvalue weighted by Crippen LogP contribution is 2.24. The fourth-order valence-electron chi connectivity index (χ4n) is 3.53. The van der Waals surface area contributed by atoms with Crippen molar-refractivity contribution in [1.82, 2.24) is 15.2 Å². The normalized spacial score (nSPS) is 23.8. The van der Waals surface area contributed by atoms with Crippen molar-refractivity contribution in [3.63, 3.8) is 0 Å². The Balaban J connectivity index is 1.50. The number of fused-ring (bicyclic) bond motifs is 1. The summed E-state index contributed by atoms with van der Waals surface area (Å²) in [4.78, 5) is 9.91. The summed E-state index contributed by atoms with van der Waals surface area (Å²) in [5, 5.41) is 4.65. The minimum Gasteiger partial charge on any atom is -0.355 e. The predicted molar refractivity (Wildman–Crippen MR) is 86.8 cm³/mol. The van der Waals surface area contributed by atoms with E-state index in [9.17, 15) is 0 Å². The van der Waals surface area contributed by atoms with Gasteiger partial charge in [-0.05, 0) is 24.6 Å². The van der Waals surface area contributed by atoms with E-state index in [2.05, 4.69) is 51.5 Å². The van der Waals surface area contributed by atoms with E-state index in [1.54, 1.807) is 0 Å². The van der Waals surface area contributed by atoms with Crippen LogP contribution in [0.15, 0.2) is 36.4 Å². The molecule has 1 unspecified atom stereocenters. The van der Waals surface area contributed by atoms with Gasteiger partial charge in [-0.1, -0.05) is 18.2 Å². The Hall–Kier alpha value is -1.65. The quantitative estimate of drug-likeness (QED) is 0.909. The van der Waals surface area contributed by atoms with Gasteiger partial charge in [-0.3, -0.25) is 4.90 Å². The van der Waals surface area contributed by atoms with Gasteiger partial charge in [0.1, 0.15) is 5.82 Å². The lowest BCUT2D eigenvalue weighted by atomic mass is 10.2. The average molecular weight is 282 g/mol. The maximum absolute atomic E-state index is 4.83. The van der Waals surface area contributed by atoms with Crippen LogP contribution < -0.4 is 10.2 Å². The Morgan fingerprint density at radius 1 is 1.00 bits per heavy atom. The van der Waals surface area contributed by atoms with Crippen LogP contribution in [-0.4, -0.2) is 55.2 Å². The molecule has 0 amide bonds. The fraction of sp³-hybridized carbons (Fsp3) is 0.471. The highest BCUT2D eigenvalue weighted by molar-refractivity contribution is 5.80. The van der Waals surface area contributed by atoms with Crippen LogP contribution in [0.2, 0.25) is 0 Å². The number of benzene rings is 1. The van der Waals surface area contributed by atoms with Crippen molar-refractivity contribution < 1.29 is 0 Å². The molecule has 2 saturated heterocycles. The minimum absolute atomic E-state index is 0.695. The van der Waals surface area contributed by atoms with E-state index >= 15 is 0 Å². The highest BCUT2D eigenvalue weighted by atomic mass is 15.3. The Morgan fingerprint density at radius 2 is 1.86 bits per heavy atom. The number of nitrogens with one attached hydrogen (secondary N) is 1. The topological polar surface area (TPSA) is 31.4 Å². The second-order valence-electron chi connectivity index (χ2n) is 6.04. The maximum Gasteiger partial charge on any atom is 0.129 e. The molecule has 21 heavy (non-hydrogen) atoms. The van der Waals surface area contributed by atoms with E-state index in [0.29, 0.717) is 6.04 Å². The molecular formula is C17H22N4. The molecule has 4 rings (SSSR count). The Kier molecular flexibility index (Phi) is 3.49. The van der Waals surface area contributed by atoms with Crippen LogP contribution in [-0.2, 0) is 0 Å². The van der Waals surface area contributed by atoms with Crippen molar-refractivity contribution >= 4 is 16.7 Å². The third-order valence-electron chi connectivity index (χ3n) is 4.74. The van der Waals surface area contributed by atoms with Gasteiger partial charge in [-0.2, -0.15) is 0 Å². The molecule has 3 heterocycles. The van der Waals surface area contributed by atoms with E-state index in [4.69, 9.17) is 4.98 Å². The van der Waals surface area contributed by atoms with E-state index < -0.39 is 0 Å². The van der Waals surface area contributed by atoms with Crippen molar-refractivity contribution in [2.45, 2.75) is 12.5 Å². The Bertz CT molecular complexity index is 621. The smallest absolute Gasteiger partial charge is 0.129 e. The lowest BCUT2D eigenvalue weighted by Crippen LogP contribution is -2.49. The molecule has 0 aliphatic carbocycles. The summed E-state index contributed by atoms with van der Waals surface area (Å²) in [5.74, 6) is 1.13. The van der Waals surface area contributed by atoms with Gasteiger partial charge in [-0.25, -0.2) is 4.98 Å². The zero-order valence-electron chi connectivity index (χ0n) is 12.3. The van der Waals surface area contributed by atoms with Crippen LogP contribution in [0.1, 0.15) is 6.42 Å². The first-order valence-electron chi connectivity index (χ1n) is 7.96. The third-order valence-corrected chi connectivity index (χ3v) is 4.74. The van der Waals surface area contributed by atoms with Gasteiger partial charge in [0.25, 0.3) is 0 Å². The predicted octanol–water partition coefficient (Wildman–Crippen LogP) is 1.72. The van der Waals surface area contributed by atoms with Crippen LogP contribution in [0, 0.1) is 0 Å². The molecule has 2 aromatic rings. The van der Waals surface area contributed by atoms with Crippen LogP contribution in [0.25, 0.3) is 10.9 Å². The molecule has 0 spiro atoms. The number of piperazine rings is 1. The first-order chi connectivity index (χ1) is 10.4. The number of aromatic nitrogens is 1. The van der Waals surface area contributed by atoms with Gasteiger partial charge in [0.15, 0.2) is 0 Å². The molecule has 1 atom stereocenters. The van der Waals surface area contributed by atoms with Crippen LogP contribution in [0.5, 0.6) is 0 Å². The summed E-state index contributed by atoms with van der Waals surface area (Å²) < 4.78 is 0. The summed E-state index contributed by atoms with van der Waals surface area (Å²) in [7, 11) is 0. The molecule has 2 aliphatic heterocycles. The first kappa shape index (κ1) is 13.0. The monoisotopic (exact) mass is 282 g/mol. The average Bonchev–Trinajstić information content (AvgIpc) is 3.05. The van der Waals surface area contributed by atoms with Crippen molar-refractivity contribution in [3.8, 4) is 0 Å². The summed E-state index contributed by atoms with van der Waals surface area (Å²) in [6.45, 7) is 6.87. The maximum atomic E-state index is 4.83. The molecule has 1 N–H and O–H groups in total. The molecular weight excluding hydrogens is 260 g/mol. The van der Waals surface area contributed by atoms with Gasteiger partial charge in [0, 0.05) is 50.7 Å². The standard InChI is InChI=1S/C17H22N4/c1-2-4-16-14(3-1)5-6-17(19-16)21-10-7-15(13-21)20-11-8-18-9-12-20/h1-6,15,18H,7-13H2. The number of nitrogens with zero attached hydrogens (tertiary/aromatic N) is 3. The molecule has 4 nitrogen and oxygen atoms in total. The molecule has 0 radical (unpaired) electrons. The van der Waals surface area contributed by atoms with Crippen LogP contribution in [0.3, 0.4) is 0 Å². The van der Waals surface area contributed by atoms with Crippen molar-refractivity contribution in [2.75, 3.05) is 44.2 Å². The SMILES string of the molecule is c1ccc2nc(N3CCC(N4CCNCC4)C3)ccc2c1. The zero-order valence-corrected chi connectivity index (χ0v) is 12.3. The molecule has 2 fully saturated rings. The first-order valence-corrected chi connectivity index (χ1v) is 7.96. The Labute approximate surface area is 125 Å². The third kappa shape index (κ3) is 2.61. The van der Waals surface area contributed by atoms with Gasteiger partial charge < -0.3 is 10.2 Å². The highest BCUT2D eigenvalue weighted by Gasteiger charge is 2.29. The number of rotatable bonds is 2. The van der Waals surface area contributed by atoms with Crippen molar-refractivity contribution in [3.05, 3.63) is 36.4 Å². The number of anilines is 1. The van der Waals surface area contributed by atoms with Gasteiger partial charge in [0.05, 0.1) is 5.52 Å². The minimum atomic E-state index is 0.695. The fourth-order valence-corrected chi connectivity index (χ4v) is 3.53. The molecule has 1 aromatic carbocycles. The summed E-state index contributed by atoms with van der Waals surface area (Å²) in [6, 6.07) is 13.4. The van der Waals surface area contributed by atoms with Crippen LogP contribution in [0.4, 0.5) is 5.82 Å². The van der Waals surface area contributed by atoms with Gasteiger partial charge in [0.2, 0.25) is 0 Å². The second-order valence-corrected chi connectivity index (χ2v) is 6.04. The number of hydrogen-bond acceptors (Lipinski definition) is 4. The largest absolute Gasteiger partial charge is 0.355 e. The number of para-hydroxylation sites is 1.